The SMILES string of the molecule is COc1ccc(N)c(SCc2nc(CC(C)C)no2)c1. The molecule has 0 aliphatic heterocycles. The highest BCUT2D eigenvalue weighted by Crippen LogP contribution is 2.31. The second-order valence-electron chi connectivity index (χ2n) is 4.89. The first kappa shape index (κ1) is 14.7. The summed E-state index contributed by atoms with van der Waals surface area (Å²) >= 11 is 1.56. The molecule has 0 saturated heterocycles. The van der Waals surface area contributed by atoms with Gasteiger partial charge in [0.2, 0.25) is 5.89 Å². The molecular weight excluding hydrogens is 274 g/mol. The number of hydrogen-bond donors (Lipinski definition) is 1. The number of nitrogens with zero attached hydrogens (tertiary/aromatic N) is 2. The zero-order valence-electron chi connectivity index (χ0n) is 11.9. The van der Waals surface area contributed by atoms with Gasteiger partial charge in [-0.05, 0) is 24.1 Å². The summed E-state index contributed by atoms with van der Waals surface area (Å²) in [4.78, 5) is 5.32. The Labute approximate surface area is 122 Å². The van der Waals surface area contributed by atoms with Crippen molar-refractivity contribution >= 4 is 17.4 Å². The average Bonchev–Trinajstić information content (AvgIpc) is 2.84. The lowest BCUT2D eigenvalue weighted by Crippen LogP contribution is -1.96. The minimum atomic E-state index is 0.516. The van der Waals surface area contributed by atoms with Gasteiger partial charge in [-0.1, -0.05) is 19.0 Å². The Bertz CT molecular complexity index is 569. The summed E-state index contributed by atoms with van der Waals surface area (Å²) in [6.45, 7) is 4.25. The molecule has 0 bridgehead atoms. The van der Waals surface area contributed by atoms with E-state index >= 15 is 0 Å². The molecule has 0 fully saturated rings. The second-order valence-corrected chi connectivity index (χ2v) is 5.91. The number of nitrogen functional groups attached to an aromatic ring is 1. The van der Waals surface area contributed by atoms with Crippen LogP contribution in [0.1, 0.15) is 25.6 Å². The molecule has 0 saturated carbocycles. The lowest BCUT2D eigenvalue weighted by molar-refractivity contribution is 0.382. The molecule has 2 aromatic rings. The van der Waals surface area contributed by atoms with Gasteiger partial charge in [0.15, 0.2) is 5.82 Å². The van der Waals surface area contributed by atoms with Crippen molar-refractivity contribution in [3.8, 4) is 5.75 Å². The highest BCUT2D eigenvalue weighted by molar-refractivity contribution is 7.98. The van der Waals surface area contributed by atoms with Crippen molar-refractivity contribution in [2.75, 3.05) is 12.8 Å². The van der Waals surface area contributed by atoms with E-state index in [1.54, 1.807) is 18.9 Å². The smallest absolute Gasteiger partial charge is 0.237 e. The molecule has 0 amide bonds. The molecule has 0 unspecified atom stereocenters. The van der Waals surface area contributed by atoms with Crippen LogP contribution in [0, 0.1) is 5.92 Å². The van der Waals surface area contributed by atoms with Crippen molar-refractivity contribution < 1.29 is 9.26 Å². The van der Waals surface area contributed by atoms with E-state index in [2.05, 4.69) is 24.0 Å². The van der Waals surface area contributed by atoms with Gasteiger partial charge in [0.1, 0.15) is 5.75 Å². The highest BCUT2D eigenvalue weighted by atomic mass is 32.2. The number of rotatable bonds is 6. The van der Waals surface area contributed by atoms with Crippen molar-refractivity contribution in [1.82, 2.24) is 10.1 Å². The van der Waals surface area contributed by atoms with Crippen molar-refractivity contribution in [2.45, 2.75) is 30.9 Å². The first-order chi connectivity index (χ1) is 9.58. The van der Waals surface area contributed by atoms with Crippen LogP contribution < -0.4 is 10.5 Å². The molecule has 0 aliphatic rings. The Morgan fingerprint density at radius 2 is 2.20 bits per heavy atom. The van der Waals surface area contributed by atoms with Gasteiger partial charge in [-0.15, -0.1) is 11.8 Å². The molecule has 5 nitrogen and oxygen atoms in total. The van der Waals surface area contributed by atoms with Crippen molar-refractivity contribution in [3.63, 3.8) is 0 Å². The van der Waals surface area contributed by atoms with Gasteiger partial charge in [-0.3, -0.25) is 0 Å². The Balaban J connectivity index is 1.99. The molecule has 1 aromatic carbocycles. The lowest BCUT2D eigenvalue weighted by atomic mass is 10.1. The number of nitrogens with two attached hydrogens (primary N) is 1. The average molecular weight is 293 g/mol. The standard InChI is InChI=1S/C14H19N3O2S/c1-9(2)6-13-16-14(19-17-13)8-20-12-7-10(18-3)4-5-11(12)15/h4-5,7,9H,6,8,15H2,1-3H3. The van der Waals surface area contributed by atoms with E-state index in [0.717, 1.165) is 28.6 Å². The van der Waals surface area contributed by atoms with Gasteiger partial charge in [0, 0.05) is 17.0 Å². The van der Waals surface area contributed by atoms with Crippen LogP contribution >= 0.6 is 11.8 Å². The van der Waals surface area contributed by atoms with Crippen LogP contribution in [-0.4, -0.2) is 17.3 Å². The van der Waals surface area contributed by atoms with Crippen LogP contribution in [0.15, 0.2) is 27.6 Å². The third-order valence-electron chi connectivity index (χ3n) is 2.67. The monoisotopic (exact) mass is 293 g/mol. The number of methoxy groups -OCH3 is 1. The Hall–Kier alpha value is -1.69. The van der Waals surface area contributed by atoms with Gasteiger partial charge in [0.25, 0.3) is 0 Å². The minimum Gasteiger partial charge on any atom is -0.497 e. The van der Waals surface area contributed by atoms with E-state index in [1.165, 1.54) is 0 Å². The van der Waals surface area contributed by atoms with E-state index in [1.807, 2.05) is 18.2 Å². The number of thioether (sulfide) groups is 1. The van der Waals surface area contributed by atoms with Crippen LogP contribution in [0.2, 0.25) is 0 Å². The van der Waals surface area contributed by atoms with Crippen LogP contribution in [0.4, 0.5) is 5.69 Å². The molecular formula is C14H19N3O2S. The summed E-state index contributed by atoms with van der Waals surface area (Å²) in [5.74, 6) is 3.28. The van der Waals surface area contributed by atoms with Crippen molar-refractivity contribution in [1.29, 1.82) is 0 Å². The van der Waals surface area contributed by atoms with E-state index < -0.39 is 0 Å². The van der Waals surface area contributed by atoms with Gasteiger partial charge in [0.05, 0.1) is 12.9 Å². The number of ether oxygens (including phenoxy) is 1. The Morgan fingerprint density at radius 3 is 2.90 bits per heavy atom. The number of benzene rings is 1. The highest BCUT2D eigenvalue weighted by Gasteiger charge is 2.10. The molecule has 2 rings (SSSR count). The fourth-order valence-electron chi connectivity index (χ4n) is 1.70. The second kappa shape index (κ2) is 6.65. The largest absolute Gasteiger partial charge is 0.497 e. The molecule has 0 spiro atoms. The van der Waals surface area contributed by atoms with E-state index in [0.29, 0.717) is 17.6 Å². The maximum Gasteiger partial charge on any atom is 0.237 e. The Kier molecular flexibility index (Phi) is 4.89. The van der Waals surface area contributed by atoms with Crippen LogP contribution in [-0.2, 0) is 12.2 Å². The fraction of sp³-hybridized carbons (Fsp3) is 0.429. The molecule has 1 aromatic heterocycles. The molecule has 2 N–H and O–H groups in total. The fourth-order valence-corrected chi connectivity index (χ4v) is 2.53. The molecule has 6 heteroatoms. The van der Waals surface area contributed by atoms with E-state index in [4.69, 9.17) is 15.0 Å². The topological polar surface area (TPSA) is 74.2 Å². The first-order valence-electron chi connectivity index (χ1n) is 6.46. The first-order valence-corrected chi connectivity index (χ1v) is 7.45. The third-order valence-corrected chi connectivity index (χ3v) is 3.73. The predicted octanol–water partition coefficient (Wildman–Crippen LogP) is 3.15. The lowest BCUT2D eigenvalue weighted by Gasteiger charge is -2.06. The number of hydrogen-bond acceptors (Lipinski definition) is 6. The summed E-state index contributed by atoms with van der Waals surface area (Å²) in [6.07, 6.45) is 0.829. The van der Waals surface area contributed by atoms with E-state index in [9.17, 15) is 0 Å². The third kappa shape index (κ3) is 3.90. The van der Waals surface area contributed by atoms with Gasteiger partial charge >= 0.3 is 0 Å². The van der Waals surface area contributed by atoms with E-state index in [-0.39, 0.29) is 0 Å². The maximum atomic E-state index is 5.94. The minimum absolute atomic E-state index is 0.516. The summed E-state index contributed by atoms with van der Waals surface area (Å²) in [6, 6.07) is 5.58. The molecule has 0 radical (unpaired) electrons. The van der Waals surface area contributed by atoms with Crippen molar-refractivity contribution in [3.05, 3.63) is 29.9 Å². The summed E-state index contributed by atoms with van der Waals surface area (Å²) < 4.78 is 10.4. The van der Waals surface area contributed by atoms with Crippen LogP contribution in [0.5, 0.6) is 5.75 Å². The van der Waals surface area contributed by atoms with Crippen LogP contribution in [0.3, 0.4) is 0 Å². The predicted molar refractivity (Wildman–Crippen MR) is 79.8 cm³/mol. The Morgan fingerprint density at radius 1 is 1.40 bits per heavy atom. The van der Waals surface area contributed by atoms with Gasteiger partial charge < -0.3 is 15.0 Å². The summed E-state index contributed by atoms with van der Waals surface area (Å²) in [5, 5.41) is 3.97. The normalized spacial score (nSPS) is 11.0. The molecule has 0 aliphatic carbocycles. The molecule has 108 valence electrons. The zero-order valence-corrected chi connectivity index (χ0v) is 12.7. The maximum absolute atomic E-state index is 5.94. The molecule has 20 heavy (non-hydrogen) atoms. The number of aromatic nitrogens is 2. The van der Waals surface area contributed by atoms with Crippen molar-refractivity contribution in [2.24, 2.45) is 5.92 Å². The summed E-state index contributed by atoms with van der Waals surface area (Å²) in [7, 11) is 1.64. The number of anilines is 1. The quantitative estimate of drug-likeness (QED) is 0.651. The van der Waals surface area contributed by atoms with Gasteiger partial charge in [-0.25, -0.2) is 0 Å². The van der Waals surface area contributed by atoms with Crippen LogP contribution in [0.25, 0.3) is 0 Å². The molecule has 1 heterocycles. The summed E-state index contributed by atoms with van der Waals surface area (Å²) in [5.41, 5.74) is 6.66. The molecule has 0 atom stereocenters. The van der Waals surface area contributed by atoms with Gasteiger partial charge in [-0.2, -0.15) is 4.98 Å². The zero-order chi connectivity index (χ0) is 14.5.